The maximum absolute atomic E-state index is 5.75. The molecule has 0 aromatic carbocycles. The highest BCUT2D eigenvalue weighted by atomic mass is 16.5. The van der Waals surface area contributed by atoms with E-state index in [1.807, 2.05) is 0 Å². The largest absolute Gasteiger partial charge is 0.378 e. The van der Waals surface area contributed by atoms with Gasteiger partial charge >= 0.3 is 0 Å². The normalized spacial score (nSPS) is 13.8. The summed E-state index contributed by atoms with van der Waals surface area (Å²) in [7, 11) is 0. The molecule has 0 aliphatic carbocycles. The molecule has 74 valence electrons. The van der Waals surface area contributed by atoms with Crippen molar-refractivity contribution in [3.63, 3.8) is 0 Å². The molecular weight excluding hydrogens is 148 g/mol. The summed E-state index contributed by atoms with van der Waals surface area (Å²) in [6.07, 6.45) is 5.48. The van der Waals surface area contributed by atoms with Crippen molar-refractivity contribution in [2.75, 3.05) is 6.61 Å². The van der Waals surface area contributed by atoms with Crippen LogP contribution in [0.15, 0.2) is 0 Å². The first kappa shape index (κ1) is 12.0. The third kappa shape index (κ3) is 6.66. The van der Waals surface area contributed by atoms with Gasteiger partial charge in [0.05, 0.1) is 6.10 Å². The molecule has 1 nitrogen and oxygen atoms in total. The van der Waals surface area contributed by atoms with Crippen molar-refractivity contribution < 1.29 is 4.74 Å². The summed E-state index contributed by atoms with van der Waals surface area (Å²) in [6, 6.07) is 0. The summed E-state index contributed by atoms with van der Waals surface area (Å²) >= 11 is 0. The number of hydrogen-bond acceptors (Lipinski definition) is 1. The molecular formula is C11H24O. The van der Waals surface area contributed by atoms with Crippen molar-refractivity contribution in [3.8, 4) is 0 Å². The van der Waals surface area contributed by atoms with Gasteiger partial charge in [0.1, 0.15) is 0 Å². The second-order valence-electron chi connectivity index (χ2n) is 3.90. The SMILES string of the molecule is CCCCC(CC)OCC(C)C. The zero-order chi connectivity index (χ0) is 9.40. The van der Waals surface area contributed by atoms with Crippen LogP contribution < -0.4 is 0 Å². The van der Waals surface area contributed by atoms with Gasteiger partial charge in [0.25, 0.3) is 0 Å². The summed E-state index contributed by atoms with van der Waals surface area (Å²) in [4.78, 5) is 0. The molecule has 1 atom stereocenters. The van der Waals surface area contributed by atoms with E-state index in [4.69, 9.17) is 4.74 Å². The van der Waals surface area contributed by atoms with E-state index in [0.29, 0.717) is 12.0 Å². The Kier molecular flexibility index (Phi) is 7.58. The Morgan fingerprint density at radius 3 is 2.25 bits per heavy atom. The molecule has 0 aromatic rings. The van der Waals surface area contributed by atoms with Gasteiger partial charge in [0.2, 0.25) is 0 Å². The van der Waals surface area contributed by atoms with Gasteiger partial charge in [-0.25, -0.2) is 0 Å². The Balaban J connectivity index is 3.39. The molecule has 0 heterocycles. The molecule has 0 radical (unpaired) electrons. The fourth-order valence-corrected chi connectivity index (χ4v) is 1.17. The highest BCUT2D eigenvalue weighted by molar-refractivity contribution is 4.55. The van der Waals surface area contributed by atoms with E-state index < -0.39 is 0 Å². The maximum Gasteiger partial charge on any atom is 0.0572 e. The lowest BCUT2D eigenvalue weighted by Gasteiger charge is -2.16. The van der Waals surface area contributed by atoms with Gasteiger partial charge in [0.15, 0.2) is 0 Å². The Morgan fingerprint density at radius 2 is 1.83 bits per heavy atom. The number of rotatable bonds is 7. The molecule has 1 heteroatoms. The average Bonchev–Trinajstić information content (AvgIpc) is 2.05. The molecule has 12 heavy (non-hydrogen) atoms. The first-order chi connectivity index (χ1) is 5.70. The van der Waals surface area contributed by atoms with Crippen molar-refractivity contribution in [1.29, 1.82) is 0 Å². The van der Waals surface area contributed by atoms with Crippen molar-refractivity contribution in [3.05, 3.63) is 0 Å². The molecule has 1 unspecified atom stereocenters. The van der Waals surface area contributed by atoms with Gasteiger partial charge in [-0.1, -0.05) is 40.5 Å². The Labute approximate surface area is 77.5 Å². The standard InChI is InChI=1S/C11H24O/c1-5-7-8-11(6-2)12-9-10(3)4/h10-11H,5-9H2,1-4H3. The molecule has 0 saturated heterocycles. The van der Waals surface area contributed by atoms with E-state index >= 15 is 0 Å². The van der Waals surface area contributed by atoms with Crippen LogP contribution in [0.1, 0.15) is 53.4 Å². The van der Waals surface area contributed by atoms with Crippen molar-refractivity contribution in [2.24, 2.45) is 5.92 Å². The van der Waals surface area contributed by atoms with E-state index in [0.717, 1.165) is 13.0 Å². The van der Waals surface area contributed by atoms with Crippen LogP contribution in [0.4, 0.5) is 0 Å². The van der Waals surface area contributed by atoms with Gasteiger partial charge in [0, 0.05) is 6.61 Å². The molecule has 0 rings (SSSR count). The number of unbranched alkanes of at least 4 members (excludes halogenated alkanes) is 1. The first-order valence-electron chi connectivity index (χ1n) is 5.32. The molecule has 0 aliphatic heterocycles. The van der Waals surface area contributed by atoms with Crippen molar-refractivity contribution >= 4 is 0 Å². The number of hydrogen-bond donors (Lipinski definition) is 0. The van der Waals surface area contributed by atoms with Crippen LogP contribution in [-0.2, 0) is 4.74 Å². The van der Waals surface area contributed by atoms with Crippen molar-refractivity contribution in [1.82, 2.24) is 0 Å². The van der Waals surface area contributed by atoms with Gasteiger partial charge < -0.3 is 4.74 Å². The molecule has 0 bridgehead atoms. The zero-order valence-corrected chi connectivity index (χ0v) is 9.10. The lowest BCUT2D eigenvalue weighted by molar-refractivity contribution is 0.0272. The van der Waals surface area contributed by atoms with Crippen molar-refractivity contribution in [2.45, 2.75) is 59.5 Å². The molecule has 0 aromatic heterocycles. The summed E-state index contributed by atoms with van der Waals surface area (Å²) in [6.45, 7) is 9.76. The summed E-state index contributed by atoms with van der Waals surface area (Å²) < 4.78 is 5.75. The Hall–Kier alpha value is -0.0400. The van der Waals surface area contributed by atoms with Gasteiger partial charge in [-0.15, -0.1) is 0 Å². The van der Waals surface area contributed by atoms with Gasteiger partial charge in [-0.05, 0) is 18.8 Å². The monoisotopic (exact) mass is 172 g/mol. The van der Waals surface area contributed by atoms with Crippen LogP contribution in [0.2, 0.25) is 0 Å². The summed E-state index contributed by atoms with van der Waals surface area (Å²) in [5.41, 5.74) is 0. The van der Waals surface area contributed by atoms with Crippen LogP contribution >= 0.6 is 0 Å². The quantitative estimate of drug-likeness (QED) is 0.570. The van der Waals surface area contributed by atoms with Crippen LogP contribution in [0.5, 0.6) is 0 Å². The van der Waals surface area contributed by atoms with E-state index in [2.05, 4.69) is 27.7 Å². The second kappa shape index (κ2) is 7.60. The van der Waals surface area contributed by atoms with Crippen LogP contribution in [-0.4, -0.2) is 12.7 Å². The van der Waals surface area contributed by atoms with E-state index in [1.54, 1.807) is 0 Å². The number of ether oxygens (including phenoxy) is 1. The molecule has 0 saturated carbocycles. The molecule has 0 amide bonds. The van der Waals surface area contributed by atoms with Crippen LogP contribution in [0.25, 0.3) is 0 Å². The first-order valence-corrected chi connectivity index (χ1v) is 5.32. The lowest BCUT2D eigenvalue weighted by Crippen LogP contribution is -2.15. The summed E-state index contributed by atoms with van der Waals surface area (Å²) in [5, 5.41) is 0. The maximum atomic E-state index is 5.75. The molecule has 0 aliphatic rings. The van der Waals surface area contributed by atoms with Gasteiger partial charge in [-0.3, -0.25) is 0 Å². The van der Waals surface area contributed by atoms with E-state index in [1.165, 1.54) is 19.3 Å². The second-order valence-corrected chi connectivity index (χ2v) is 3.90. The minimum Gasteiger partial charge on any atom is -0.378 e. The fraction of sp³-hybridized carbons (Fsp3) is 1.00. The highest BCUT2D eigenvalue weighted by Gasteiger charge is 2.06. The summed E-state index contributed by atoms with van der Waals surface area (Å²) in [5.74, 6) is 0.667. The average molecular weight is 172 g/mol. The minimum atomic E-state index is 0.507. The zero-order valence-electron chi connectivity index (χ0n) is 9.10. The van der Waals surface area contributed by atoms with Crippen LogP contribution in [0.3, 0.4) is 0 Å². The molecule has 0 spiro atoms. The third-order valence-electron chi connectivity index (χ3n) is 2.00. The lowest BCUT2D eigenvalue weighted by atomic mass is 10.1. The Bertz CT molecular complexity index is 89.0. The highest BCUT2D eigenvalue weighted by Crippen LogP contribution is 2.09. The fourth-order valence-electron chi connectivity index (χ4n) is 1.17. The molecule has 0 N–H and O–H groups in total. The smallest absolute Gasteiger partial charge is 0.0572 e. The Morgan fingerprint density at radius 1 is 1.17 bits per heavy atom. The predicted octanol–water partition coefficient (Wildman–Crippen LogP) is 3.63. The van der Waals surface area contributed by atoms with E-state index in [9.17, 15) is 0 Å². The molecule has 0 fully saturated rings. The minimum absolute atomic E-state index is 0.507. The van der Waals surface area contributed by atoms with Gasteiger partial charge in [-0.2, -0.15) is 0 Å². The topological polar surface area (TPSA) is 9.23 Å². The van der Waals surface area contributed by atoms with E-state index in [-0.39, 0.29) is 0 Å². The van der Waals surface area contributed by atoms with Crippen LogP contribution in [0, 0.1) is 5.92 Å². The predicted molar refractivity (Wildman–Crippen MR) is 54.4 cm³/mol. The third-order valence-corrected chi connectivity index (χ3v) is 2.00.